The maximum Gasteiger partial charge on any atom is 0.258 e. The van der Waals surface area contributed by atoms with E-state index in [1.54, 1.807) is 0 Å². The number of aromatic nitrogens is 1. The molecule has 1 N–H and O–H groups in total. The van der Waals surface area contributed by atoms with Crippen molar-refractivity contribution in [1.82, 2.24) is 4.98 Å². The zero-order valence-electron chi connectivity index (χ0n) is 12.2. The minimum absolute atomic E-state index is 0.235. The topological polar surface area (TPSA) is 42.0 Å². The maximum atomic E-state index is 13.4. The van der Waals surface area contributed by atoms with Gasteiger partial charge in [0.15, 0.2) is 5.13 Å². The summed E-state index contributed by atoms with van der Waals surface area (Å²) in [5, 5.41) is 5.38. The second-order valence-corrected chi connectivity index (χ2v) is 7.12. The molecule has 6 heteroatoms. The largest absolute Gasteiger partial charge is 0.298 e. The van der Waals surface area contributed by atoms with Crippen LogP contribution < -0.4 is 5.32 Å². The number of halogens is 2. The number of fused-ring (bicyclic) bond motifs is 3. The summed E-state index contributed by atoms with van der Waals surface area (Å²) in [6.07, 6.45) is 0. The van der Waals surface area contributed by atoms with Gasteiger partial charge in [-0.3, -0.25) is 10.1 Å². The fourth-order valence-corrected chi connectivity index (χ4v) is 3.85. The molecule has 0 radical (unpaired) electrons. The van der Waals surface area contributed by atoms with Gasteiger partial charge in [-0.05, 0) is 45.6 Å². The number of anilines is 1. The lowest BCUT2D eigenvalue weighted by molar-refractivity contribution is 0.102. The van der Waals surface area contributed by atoms with E-state index in [2.05, 4.69) is 26.2 Å². The van der Waals surface area contributed by atoms with Crippen molar-refractivity contribution in [3.8, 4) is 0 Å². The SMILES string of the molecule is O=C(Nc1nc2c(ccc3ccccc32)s1)c1cc(F)ccc1Br. The lowest BCUT2D eigenvalue weighted by atomic mass is 10.1. The molecule has 0 saturated carbocycles. The van der Waals surface area contributed by atoms with Crippen molar-refractivity contribution >= 4 is 59.3 Å². The Bertz CT molecular complexity index is 1090. The van der Waals surface area contributed by atoms with Gasteiger partial charge < -0.3 is 0 Å². The van der Waals surface area contributed by atoms with Crippen LogP contribution in [0.15, 0.2) is 59.1 Å². The molecule has 3 aromatic carbocycles. The molecule has 0 aliphatic heterocycles. The smallest absolute Gasteiger partial charge is 0.258 e. The summed E-state index contributed by atoms with van der Waals surface area (Å²) < 4.78 is 14.9. The van der Waals surface area contributed by atoms with Crippen LogP contribution in [0.25, 0.3) is 21.0 Å². The minimum atomic E-state index is -0.460. The third kappa shape index (κ3) is 2.68. The van der Waals surface area contributed by atoms with Crippen LogP contribution in [0, 0.1) is 5.82 Å². The normalized spacial score (nSPS) is 11.1. The monoisotopic (exact) mass is 400 g/mol. The molecule has 1 heterocycles. The van der Waals surface area contributed by atoms with Crippen LogP contribution in [0.5, 0.6) is 0 Å². The van der Waals surface area contributed by atoms with Gasteiger partial charge in [0.05, 0.1) is 15.8 Å². The number of nitrogens with one attached hydrogen (secondary N) is 1. The van der Waals surface area contributed by atoms with Gasteiger partial charge >= 0.3 is 0 Å². The van der Waals surface area contributed by atoms with Crippen molar-refractivity contribution in [1.29, 1.82) is 0 Å². The highest BCUT2D eigenvalue weighted by Crippen LogP contribution is 2.32. The van der Waals surface area contributed by atoms with Gasteiger partial charge in [-0.25, -0.2) is 9.37 Å². The summed E-state index contributed by atoms with van der Waals surface area (Å²) >= 11 is 4.66. The van der Waals surface area contributed by atoms with E-state index in [9.17, 15) is 9.18 Å². The Labute approximate surface area is 149 Å². The predicted molar refractivity (Wildman–Crippen MR) is 99.2 cm³/mol. The van der Waals surface area contributed by atoms with E-state index in [-0.39, 0.29) is 5.56 Å². The molecule has 0 bridgehead atoms. The van der Waals surface area contributed by atoms with Gasteiger partial charge in [-0.15, -0.1) is 0 Å². The Morgan fingerprint density at radius 1 is 1.12 bits per heavy atom. The quantitative estimate of drug-likeness (QED) is 0.475. The van der Waals surface area contributed by atoms with Gasteiger partial charge in [0, 0.05) is 9.86 Å². The summed E-state index contributed by atoms with van der Waals surface area (Å²) in [4.78, 5) is 16.9. The van der Waals surface area contributed by atoms with E-state index in [0.29, 0.717) is 9.60 Å². The minimum Gasteiger partial charge on any atom is -0.298 e. The zero-order valence-corrected chi connectivity index (χ0v) is 14.6. The van der Waals surface area contributed by atoms with E-state index < -0.39 is 11.7 Å². The molecule has 0 aliphatic rings. The average Bonchev–Trinajstić information content (AvgIpc) is 3.00. The first-order valence-electron chi connectivity index (χ1n) is 7.16. The van der Waals surface area contributed by atoms with E-state index in [0.717, 1.165) is 21.0 Å². The molecule has 0 fully saturated rings. The van der Waals surface area contributed by atoms with Crippen molar-refractivity contribution in [2.75, 3.05) is 5.32 Å². The first-order chi connectivity index (χ1) is 11.6. The van der Waals surface area contributed by atoms with Crippen LogP contribution in [0.1, 0.15) is 10.4 Å². The Kier molecular flexibility index (Phi) is 3.78. The fraction of sp³-hybridized carbons (Fsp3) is 0. The van der Waals surface area contributed by atoms with Gasteiger partial charge in [-0.1, -0.05) is 41.7 Å². The molecule has 1 aromatic heterocycles. The van der Waals surface area contributed by atoms with Crippen LogP contribution >= 0.6 is 27.3 Å². The van der Waals surface area contributed by atoms with Crippen LogP contribution in [-0.4, -0.2) is 10.9 Å². The summed E-state index contributed by atoms with van der Waals surface area (Å²) in [7, 11) is 0. The van der Waals surface area contributed by atoms with Gasteiger partial charge in [0.1, 0.15) is 5.82 Å². The Hall–Kier alpha value is -2.31. The molecule has 0 saturated heterocycles. The van der Waals surface area contributed by atoms with Gasteiger partial charge in [0.25, 0.3) is 5.91 Å². The number of hydrogen-bond donors (Lipinski definition) is 1. The molecular formula is C18H10BrFN2OS. The Morgan fingerprint density at radius 2 is 1.96 bits per heavy atom. The molecule has 1 amide bonds. The standard InChI is InChI=1S/C18H10BrFN2OS/c19-14-7-6-11(20)9-13(14)17(23)22-18-21-16-12-4-2-1-3-10(12)5-8-15(16)24-18/h1-9H,(H,21,22,23). The van der Waals surface area contributed by atoms with E-state index in [1.165, 1.54) is 29.5 Å². The number of amides is 1. The molecule has 3 nitrogen and oxygen atoms in total. The van der Waals surface area contributed by atoms with Crippen LogP contribution in [0.3, 0.4) is 0 Å². The molecule has 0 aliphatic carbocycles. The molecule has 0 atom stereocenters. The first-order valence-corrected chi connectivity index (χ1v) is 8.77. The molecule has 0 unspecified atom stereocenters. The first kappa shape index (κ1) is 15.2. The number of carbonyl (C=O) groups is 1. The number of nitrogens with zero attached hydrogens (tertiary/aromatic N) is 1. The van der Waals surface area contributed by atoms with E-state index >= 15 is 0 Å². The number of thiazole rings is 1. The van der Waals surface area contributed by atoms with Crippen molar-refractivity contribution in [2.45, 2.75) is 0 Å². The summed E-state index contributed by atoms with van der Waals surface area (Å²) in [5.74, 6) is -0.858. The highest BCUT2D eigenvalue weighted by atomic mass is 79.9. The summed E-state index contributed by atoms with van der Waals surface area (Å²) in [5.41, 5.74) is 1.09. The van der Waals surface area contributed by atoms with E-state index in [4.69, 9.17) is 0 Å². The molecule has 4 rings (SSSR count). The fourth-order valence-electron chi connectivity index (χ4n) is 2.55. The zero-order chi connectivity index (χ0) is 16.7. The molecule has 118 valence electrons. The van der Waals surface area contributed by atoms with Crippen molar-refractivity contribution in [2.24, 2.45) is 0 Å². The Balaban J connectivity index is 1.73. The number of hydrogen-bond acceptors (Lipinski definition) is 3. The number of rotatable bonds is 2. The third-order valence-corrected chi connectivity index (χ3v) is 5.30. The highest BCUT2D eigenvalue weighted by molar-refractivity contribution is 9.10. The van der Waals surface area contributed by atoms with Crippen molar-refractivity contribution in [3.05, 3.63) is 70.5 Å². The second kappa shape index (κ2) is 5.96. The highest BCUT2D eigenvalue weighted by Gasteiger charge is 2.14. The summed E-state index contributed by atoms with van der Waals surface area (Å²) in [6.45, 7) is 0. The predicted octanol–water partition coefficient (Wildman–Crippen LogP) is 5.60. The van der Waals surface area contributed by atoms with Crippen molar-refractivity contribution < 1.29 is 9.18 Å². The lowest BCUT2D eigenvalue weighted by Crippen LogP contribution is -2.12. The van der Waals surface area contributed by atoms with Crippen molar-refractivity contribution in [3.63, 3.8) is 0 Å². The van der Waals surface area contributed by atoms with Crippen LogP contribution in [0.4, 0.5) is 9.52 Å². The second-order valence-electron chi connectivity index (χ2n) is 5.23. The van der Waals surface area contributed by atoms with Crippen LogP contribution in [0.2, 0.25) is 0 Å². The molecule has 24 heavy (non-hydrogen) atoms. The molecular weight excluding hydrogens is 391 g/mol. The van der Waals surface area contributed by atoms with Crippen LogP contribution in [-0.2, 0) is 0 Å². The molecule has 0 spiro atoms. The van der Waals surface area contributed by atoms with Gasteiger partial charge in [0.2, 0.25) is 0 Å². The maximum absolute atomic E-state index is 13.4. The third-order valence-electron chi connectivity index (χ3n) is 3.68. The average molecular weight is 401 g/mol. The number of benzene rings is 3. The molecule has 4 aromatic rings. The Morgan fingerprint density at radius 3 is 2.83 bits per heavy atom. The number of carbonyl (C=O) groups excluding carboxylic acids is 1. The summed E-state index contributed by atoms with van der Waals surface area (Å²) in [6, 6.07) is 16.0. The van der Waals surface area contributed by atoms with Gasteiger partial charge in [-0.2, -0.15) is 0 Å². The lowest BCUT2D eigenvalue weighted by Gasteiger charge is -2.04. The van der Waals surface area contributed by atoms with E-state index in [1.807, 2.05) is 36.4 Å².